The first-order chi connectivity index (χ1) is 9.60. The molecule has 1 atom stereocenters. The van der Waals surface area contributed by atoms with Gasteiger partial charge in [-0.3, -0.25) is 0 Å². The Bertz CT molecular complexity index is 621. The lowest BCUT2D eigenvalue weighted by atomic mass is 9.94. The lowest BCUT2D eigenvalue weighted by Crippen LogP contribution is -2.40. The average Bonchev–Trinajstić information content (AvgIpc) is 2.92. The molecule has 20 heavy (non-hydrogen) atoms. The molecule has 0 aliphatic carbocycles. The summed E-state index contributed by atoms with van der Waals surface area (Å²) in [5.74, 6) is -0.0154. The summed E-state index contributed by atoms with van der Waals surface area (Å²) in [7, 11) is 0. The maximum absolute atomic E-state index is 14.0. The summed E-state index contributed by atoms with van der Waals surface area (Å²) in [6.07, 6.45) is 1.81. The SMILES string of the molecule is CC1(n2nnnc2-c2cc(N)ccc2F)CCCOC1. The number of rotatable bonds is 2. The summed E-state index contributed by atoms with van der Waals surface area (Å²) in [5.41, 5.74) is 6.14. The first kappa shape index (κ1) is 13.0. The second-order valence-electron chi connectivity index (χ2n) is 5.31. The number of hydrogen-bond donors (Lipinski definition) is 1. The second kappa shape index (κ2) is 4.82. The first-order valence-corrected chi connectivity index (χ1v) is 6.52. The Morgan fingerprint density at radius 1 is 1.45 bits per heavy atom. The predicted molar refractivity (Wildman–Crippen MR) is 71.3 cm³/mol. The molecule has 6 nitrogen and oxygen atoms in total. The molecule has 0 radical (unpaired) electrons. The molecule has 1 aliphatic heterocycles. The van der Waals surface area contributed by atoms with Gasteiger partial charge in [0.25, 0.3) is 0 Å². The van der Waals surface area contributed by atoms with Gasteiger partial charge >= 0.3 is 0 Å². The van der Waals surface area contributed by atoms with Gasteiger partial charge in [0.2, 0.25) is 0 Å². The quantitative estimate of drug-likeness (QED) is 0.843. The van der Waals surface area contributed by atoms with E-state index in [0.717, 1.165) is 19.4 Å². The summed E-state index contributed by atoms with van der Waals surface area (Å²) >= 11 is 0. The number of nitrogens with two attached hydrogens (primary N) is 1. The third-order valence-corrected chi connectivity index (χ3v) is 3.63. The highest BCUT2D eigenvalue weighted by molar-refractivity contribution is 5.61. The lowest BCUT2D eigenvalue weighted by molar-refractivity contribution is 0.00345. The van der Waals surface area contributed by atoms with E-state index in [0.29, 0.717) is 23.7 Å². The number of halogens is 1. The highest BCUT2D eigenvalue weighted by atomic mass is 19.1. The lowest BCUT2D eigenvalue weighted by Gasteiger charge is -2.33. The Labute approximate surface area is 115 Å². The van der Waals surface area contributed by atoms with Crippen LogP contribution in [0.5, 0.6) is 0 Å². The molecule has 0 spiro atoms. The van der Waals surface area contributed by atoms with Crippen LogP contribution in [0.4, 0.5) is 10.1 Å². The smallest absolute Gasteiger partial charge is 0.185 e. The summed E-state index contributed by atoms with van der Waals surface area (Å²) in [6.45, 7) is 3.25. The largest absolute Gasteiger partial charge is 0.399 e. The van der Waals surface area contributed by atoms with Crippen molar-refractivity contribution in [1.82, 2.24) is 20.2 Å². The molecule has 1 aromatic heterocycles. The molecule has 0 saturated carbocycles. The fraction of sp³-hybridized carbons (Fsp3) is 0.462. The van der Waals surface area contributed by atoms with Crippen LogP contribution in [-0.2, 0) is 10.3 Å². The van der Waals surface area contributed by atoms with Gasteiger partial charge in [-0.2, -0.15) is 0 Å². The highest BCUT2D eigenvalue weighted by Crippen LogP contribution is 2.31. The maximum atomic E-state index is 14.0. The number of ether oxygens (including phenoxy) is 1. The minimum absolute atomic E-state index is 0.307. The van der Waals surface area contributed by atoms with Crippen molar-refractivity contribution in [2.24, 2.45) is 0 Å². The van der Waals surface area contributed by atoms with E-state index < -0.39 is 5.82 Å². The molecule has 106 valence electrons. The van der Waals surface area contributed by atoms with Crippen LogP contribution in [0.25, 0.3) is 11.4 Å². The molecule has 3 rings (SSSR count). The standard InChI is InChI=1S/C13H16FN5O/c1-13(5-2-6-20-8-13)19-12(16-17-18-19)10-7-9(15)3-4-11(10)14/h3-4,7H,2,5-6,8,15H2,1H3. The monoisotopic (exact) mass is 277 g/mol. The van der Waals surface area contributed by atoms with E-state index in [9.17, 15) is 4.39 Å². The van der Waals surface area contributed by atoms with E-state index >= 15 is 0 Å². The van der Waals surface area contributed by atoms with Crippen molar-refractivity contribution >= 4 is 5.69 Å². The Kier molecular flexibility index (Phi) is 3.13. The molecule has 7 heteroatoms. The minimum Gasteiger partial charge on any atom is -0.399 e. The molecular weight excluding hydrogens is 261 g/mol. The number of tetrazole rings is 1. The molecule has 1 fully saturated rings. The van der Waals surface area contributed by atoms with Gasteiger partial charge in [-0.05, 0) is 48.4 Å². The van der Waals surface area contributed by atoms with E-state index in [1.807, 2.05) is 6.92 Å². The van der Waals surface area contributed by atoms with Gasteiger partial charge in [0, 0.05) is 12.3 Å². The average molecular weight is 277 g/mol. The van der Waals surface area contributed by atoms with Crippen molar-refractivity contribution in [3.8, 4) is 11.4 Å². The zero-order valence-electron chi connectivity index (χ0n) is 11.2. The van der Waals surface area contributed by atoms with Crippen molar-refractivity contribution in [1.29, 1.82) is 0 Å². The Balaban J connectivity index is 2.08. The van der Waals surface area contributed by atoms with Crippen LogP contribution < -0.4 is 5.73 Å². The van der Waals surface area contributed by atoms with Gasteiger partial charge in [-0.1, -0.05) is 0 Å². The van der Waals surface area contributed by atoms with Gasteiger partial charge in [0.1, 0.15) is 5.82 Å². The van der Waals surface area contributed by atoms with Crippen LogP contribution in [-0.4, -0.2) is 33.4 Å². The Morgan fingerprint density at radius 3 is 3.05 bits per heavy atom. The van der Waals surface area contributed by atoms with Crippen LogP contribution in [0.3, 0.4) is 0 Å². The first-order valence-electron chi connectivity index (χ1n) is 6.52. The number of anilines is 1. The third-order valence-electron chi connectivity index (χ3n) is 3.63. The van der Waals surface area contributed by atoms with Gasteiger partial charge in [-0.25, -0.2) is 9.07 Å². The summed E-state index contributed by atoms with van der Waals surface area (Å²) in [5, 5.41) is 11.7. The van der Waals surface area contributed by atoms with Gasteiger partial charge < -0.3 is 10.5 Å². The summed E-state index contributed by atoms with van der Waals surface area (Å²) in [4.78, 5) is 0. The second-order valence-corrected chi connectivity index (χ2v) is 5.31. The van der Waals surface area contributed by atoms with Gasteiger partial charge in [-0.15, -0.1) is 5.10 Å². The van der Waals surface area contributed by atoms with Crippen LogP contribution in [0.1, 0.15) is 19.8 Å². The van der Waals surface area contributed by atoms with Crippen molar-refractivity contribution in [2.45, 2.75) is 25.3 Å². The molecule has 1 unspecified atom stereocenters. The third kappa shape index (κ3) is 2.14. The molecule has 1 aromatic carbocycles. The molecule has 0 amide bonds. The van der Waals surface area contributed by atoms with E-state index in [-0.39, 0.29) is 5.54 Å². The van der Waals surface area contributed by atoms with Crippen LogP contribution in [0, 0.1) is 5.82 Å². The molecule has 1 aliphatic rings. The fourth-order valence-corrected chi connectivity index (χ4v) is 2.52. The maximum Gasteiger partial charge on any atom is 0.185 e. The van der Waals surface area contributed by atoms with Gasteiger partial charge in [0.05, 0.1) is 17.7 Å². The number of aromatic nitrogens is 4. The number of nitrogens with zero attached hydrogens (tertiary/aromatic N) is 4. The predicted octanol–water partition coefficient (Wildman–Crippen LogP) is 1.59. The molecule has 0 bridgehead atoms. The Hall–Kier alpha value is -2.02. The number of nitrogen functional groups attached to an aromatic ring is 1. The minimum atomic E-state index is -0.393. The Morgan fingerprint density at radius 2 is 2.30 bits per heavy atom. The van der Waals surface area contributed by atoms with E-state index in [1.165, 1.54) is 12.1 Å². The topological polar surface area (TPSA) is 78.9 Å². The zero-order chi connectivity index (χ0) is 14.2. The van der Waals surface area contributed by atoms with Crippen LogP contribution in [0.15, 0.2) is 18.2 Å². The molecule has 2 heterocycles. The van der Waals surface area contributed by atoms with Crippen LogP contribution >= 0.6 is 0 Å². The molecule has 2 aromatic rings. The van der Waals surface area contributed by atoms with Crippen molar-refractivity contribution in [3.05, 3.63) is 24.0 Å². The van der Waals surface area contributed by atoms with E-state index in [4.69, 9.17) is 10.5 Å². The molecule has 1 saturated heterocycles. The summed E-state index contributed by atoms with van der Waals surface area (Å²) < 4.78 is 21.2. The zero-order valence-corrected chi connectivity index (χ0v) is 11.2. The number of benzene rings is 1. The van der Waals surface area contributed by atoms with Gasteiger partial charge in [0.15, 0.2) is 5.82 Å². The fourth-order valence-electron chi connectivity index (χ4n) is 2.52. The summed E-state index contributed by atoms with van der Waals surface area (Å²) in [6, 6.07) is 4.38. The highest BCUT2D eigenvalue weighted by Gasteiger charge is 2.34. The van der Waals surface area contributed by atoms with Crippen molar-refractivity contribution in [2.75, 3.05) is 18.9 Å². The van der Waals surface area contributed by atoms with E-state index in [2.05, 4.69) is 15.5 Å². The number of hydrogen-bond acceptors (Lipinski definition) is 5. The van der Waals surface area contributed by atoms with Crippen LogP contribution in [0.2, 0.25) is 0 Å². The van der Waals surface area contributed by atoms with Crippen molar-refractivity contribution < 1.29 is 9.13 Å². The normalized spacial score (nSPS) is 22.9. The van der Waals surface area contributed by atoms with E-state index in [1.54, 1.807) is 10.7 Å². The molecular formula is C13H16FN5O. The van der Waals surface area contributed by atoms with Crippen molar-refractivity contribution in [3.63, 3.8) is 0 Å². The molecule has 2 N–H and O–H groups in total.